The number of nitrogens with one attached hydrogen (secondary N) is 1. The molecule has 1 fully saturated rings. The van der Waals surface area contributed by atoms with Crippen molar-refractivity contribution in [2.45, 2.75) is 32.3 Å². The van der Waals surface area contributed by atoms with Crippen molar-refractivity contribution in [3.05, 3.63) is 17.5 Å². The van der Waals surface area contributed by atoms with Gasteiger partial charge < -0.3 is 15.2 Å². The average Bonchev–Trinajstić information content (AvgIpc) is 2.88. The van der Waals surface area contributed by atoms with Crippen LogP contribution >= 0.6 is 0 Å². The van der Waals surface area contributed by atoms with E-state index in [4.69, 9.17) is 9.84 Å². The number of aryl methyl sites for hydroxylation is 1. The number of nitrogens with zero attached hydrogens (tertiary/aromatic N) is 2. The van der Waals surface area contributed by atoms with Crippen LogP contribution in [0.15, 0.2) is 6.20 Å². The largest absolute Gasteiger partial charge is 0.478 e. The SMILES string of the molecule is CCc1nc(NCC2CCCO2)ncc1C(=O)O. The topological polar surface area (TPSA) is 84.3 Å². The van der Waals surface area contributed by atoms with Gasteiger partial charge in [0.1, 0.15) is 0 Å². The van der Waals surface area contributed by atoms with Crippen LogP contribution in [0.4, 0.5) is 5.95 Å². The van der Waals surface area contributed by atoms with Crippen LogP contribution in [0.5, 0.6) is 0 Å². The van der Waals surface area contributed by atoms with Gasteiger partial charge in [-0.05, 0) is 19.3 Å². The van der Waals surface area contributed by atoms with E-state index in [9.17, 15) is 4.79 Å². The molecule has 0 radical (unpaired) electrons. The Kier molecular flexibility index (Phi) is 4.09. The second-order valence-corrected chi connectivity index (χ2v) is 4.23. The van der Waals surface area contributed by atoms with Crippen LogP contribution in [-0.2, 0) is 11.2 Å². The van der Waals surface area contributed by atoms with E-state index in [-0.39, 0.29) is 11.7 Å². The zero-order valence-electron chi connectivity index (χ0n) is 10.3. The molecule has 0 aromatic carbocycles. The third-order valence-electron chi connectivity index (χ3n) is 2.94. The summed E-state index contributed by atoms with van der Waals surface area (Å²) >= 11 is 0. The van der Waals surface area contributed by atoms with Gasteiger partial charge in [0.05, 0.1) is 17.4 Å². The molecule has 18 heavy (non-hydrogen) atoms. The third kappa shape index (κ3) is 2.95. The van der Waals surface area contributed by atoms with E-state index in [1.165, 1.54) is 6.20 Å². The van der Waals surface area contributed by atoms with Gasteiger partial charge in [-0.15, -0.1) is 0 Å². The Hall–Kier alpha value is -1.69. The summed E-state index contributed by atoms with van der Waals surface area (Å²) in [5.41, 5.74) is 0.715. The second-order valence-electron chi connectivity index (χ2n) is 4.23. The van der Waals surface area contributed by atoms with Crippen molar-refractivity contribution >= 4 is 11.9 Å². The number of ether oxygens (including phenoxy) is 1. The smallest absolute Gasteiger partial charge is 0.339 e. The summed E-state index contributed by atoms with van der Waals surface area (Å²) in [6.45, 7) is 3.35. The molecule has 6 heteroatoms. The van der Waals surface area contributed by atoms with E-state index in [1.807, 2.05) is 6.92 Å². The van der Waals surface area contributed by atoms with Crippen molar-refractivity contribution in [1.82, 2.24) is 9.97 Å². The molecular weight excluding hydrogens is 234 g/mol. The van der Waals surface area contributed by atoms with Crippen molar-refractivity contribution in [1.29, 1.82) is 0 Å². The Morgan fingerprint density at radius 3 is 3.11 bits per heavy atom. The molecule has 1 aromatic heterocycles. The van der Waals surface area contributed by atoms with Gasteiger partial charge in [-0.3, -0.25) is 0 Å². The lowest BCUT2D eigenvalue weighted by Gasteiger charge is -2.11. The fourth-order valence-corrected chi connectivity index (χ4v) is 1.96. The highest BCUT2D eigenvalue weighted by Gasteiger charge is 2.16. The molecule has 6 nitrogen and oxygen atoms in total. The minimum Gasteiger partial charge on any atom is -0.478 e. The first kappa shape index (κ1) is 12.8. The van der Waals surface area contributed by atoms with Crippen LogP contribution in [0.2, 0.25) is 0 Å². The standard InChI is InChI=1S/C12H17N3O3/c1-2-10-9(11(16)17)7-14-12(15-10)13-6-8-4-3-5-18-8/h7-8H,2-6H2,1H3,(H,16,17)(H,13,14,15). The number of rotatable bonds is 5. The second kappa shape index (κ2) is 5.77. The highest BCUT2D eigenvalue weighted by Crippen LogP contribution is 2.13. The van der Waals surface area contributed by atoms with Crippen LogP contribution in [0.25, 0.3) is 0 Å². The molecule has 1 atom stereocenters. The van der Waals surface area contributed by atoms with E-state index >= 15 is 0 Å². The average molecular weight is 251 g/mol. The van der Waals surface area contributed by atoms with E-state index in [2.05, 4.69) is 15.3 Å². The zero-order chi connectivity index (χ0) is 13.0. The molecule has 1 unspecified atom stereocenters. The van der Waals surface area contributed by atoms with Gasteiger partial charge in [-0.1, -0.05) is 6.92 Å². The normalized spacial score (nSPS) is 18.8. The summed E-state index contributed by atoms with van der Waals surface area (Å²) in [5, 5.41) is 12.1. The van der Waals surface area contributed by atoms with E-state index in [1.54, 1.807) is 0 Å². The molecule has 98 valence electrons. The zero-order valence-corrected chi connectivity index (χ0v) is 10.3. The van der Waals surface area contributed by atoms with Crippen molar-refractivity contribution in [2.75, 3.05) is 18.5 Å². The summed E-state index contributed by atoms with van der Waals surface area (Å²) in [5.74, 6) is -0.523. The first-order valence-corrected chi connectivity index (χ1v) is 6.15. The molecular formula is C12H17N3O3. The molecule has 1 aliphatic rings. The Bertz CT molecular complexity index is 431. The van der Waals surface area contributed by atoms with E-state index in [0.29, 0.717) is 24.6 Å². The quantitative estimate of drug-likeness (QED) is 0.821. The van der Waals surface area contributed by atoms with Crippen molar-refractivity contribution in [3.8, 4) is 0 Å². The molecule has 0 saturated carbocycles. The Morgan fingerprint density at radius 1 is 1.67 bits per heavy atom. The number of carbonyl (C=O) groups is 1. The predicted octanol–water partition coefficient (Wildman–Crippen LogP) is 1.33. The summed E-state index contributed by atoms with van der Waals surface area (Å²) in [4.78, 5) is 19.2. The van der Waals surface area contributed by atoms with Crippen LogP contribution in [0, 0.1) is 0 Å². The van der Waals surface area contributed by atoms with Crippen molar-refractivity contribution in [3.63, 3.8) is 0 Å². The maximum Gasteiger partial charge on any atom is 0.339 e. The van der Waals surface area contributed by atoms with Crippen LogP contribution < -0.4 is 5.32 Å². The van der Waals surface area contributed by atoms with Gasteiger partial charge in [0.15, 0.2) is 0 Å². The number of aromatic nitrogens is 2. The van der Waals surface area contributed by atoms with Gasteiger partial charge >= 0.3 is 5.97 Å². The summed E-state index contributed by atoms with van der Waals surface area (Å²) in [6.07, 6.45) is 4.26. The summed E-state index contributed by atoms with van der Waals surface area (Å²) in [6, 6.07) is 0. The highest BCUT2D eigenvalue weighted by molar-refractivity contribution is 5.88. The van der Waals surface area contributed by atoms with Crippen LogP contribution in [-0.4, -0.2) is 40.3 Å². The lowest BCUT2D eigenvalue weighted by molar-refractivity contribution is 0.0694. The molecule has 1 aliphatic heterocycles. The molecule has 2 rings (SSSR count). The fourth-order valence-electron chi connectivity index (χ4n) is 1.96. The minimum absolute atomic E-state index is 0.167. The number of carboxylic acid groups (broad SMARTS) is 1. The Morgan fingerprint density at radius 2 is 2.50 bits per heavy atom. The number of carboxylic acids is 1. The molecule has 2 heterocycles. The van der Waals surface area contributed by atoms with Crippen LogP contribution in [0.3, 0.4) is 0 Å². The highest BCUT2D eigenvalue weighted by atomic mass is 16.5. The minimum atomic E-state index is -0.988. The van der Waals surface area contributed by atoms with Gasteiger partial charge in [0.25, 0.3) is 0 Å². The first-order chi connectivity index (χ1) is 8.70. The maximum absolute atomic E-state index is 10.9. The Labute approximate surface area is 105 Å². The molecule has 0 spiro atoms. The number of anilines is 1. The molecule has 1 aromatic rings. The van der Waals surface area contributed by atoms with Crippen LogP contribution in [0.1, 0.15) is 35.8 Å². The lowest BCUT2D eigenvalue weighted by Crippen LogP contribution is -2.20. The predicted molar refractivity (Wildman–Crippen MR) is 65.8 cm³/mol. The van der Waals surface area contributed by atoms with Gasteiger partial charge in [-0.25, -0.2) is 14.8 Å². The summed E-state index contributed by atoms with van der Waals surface area (Å²) in [7, 11) is 0. The van der Waals surface area contributed by atoms with Crippen molar-refractivity contribution < 1.29 is 14.6 Å². The monoisotopic (exact) mass is 251 g/mol. The Balaban J connectivity index is 2.02. The fraction of sp³-hybridized carbons (Fsp3) is 0.583. The van der Waals surface area contributed by atoms with Gasteiger partial charge in [-0.2, -0.15) is 0 Å². The maximum atomic E-state index is 10.9. The van der Waals surface area contributed by atoms with Crippen molar-refractivity contribution in [2.24, 2.45) is 0 Å². The van der Waals surface area contributed by atoms with Gasteiger partial charge in [0, 0.05) is 19.3 Å². The molecule has 2 N–H and O–H groups in total. The lowest BCUT2D eigenvalue weighted by atomic mass is 10.2. The van der Waals surface area contributed by atoms with Gasteiger partial charge in [0.2, 0.25) is 5.95 Å². The van der Waals surface area contributed by atoms with E-state index < -0.39 is 5.97 Å². The third-order valence-corrected chi connectivity index (χ3v) is 2.94. The molecule has 1 saturated heterocycles. The first-order valence-electron chi connectivity index (χ1n) is 6.15. The molecule has 0 bridgehead atoms. The number of hydrogen-bond donors (Lipinski definition) is 2. The molecule has 0 aliphatic carbocycles. The number of aromatic carboxylic acids is 1. The van der Waals surface area contributed by atoms with E-state index in [0.717, 1.165) is 19.4 Å². The molecule has 0 amide bonds. The summed E-state index contributed by atoms with van der Waals surface area (Å²) < 4.78 is 5.48. The number of hydrogen-bond acceptors (Lipinski definition) is 5.